The highest BCUT2D eigenvalue weighted by molar-refractivity contribution is 5.65. The first-order valence-electron chi connectivity index (χ1n) is 9.43. The maximum absolute atomic E-state index is 11.4. The molecule has 1 fully saturated rings. The van der Waals surface area contributed by atoms with Gasteiger partial charge in [-0.3, -0.25) is 10.1 Å². The first-order valence-corrected chi connectivity index (χ1v) is 9.43. The lowest BCUT2D eigenvalue weighted by Crippen LogP contribution is -2.44. The molecule has 1 saturated heterocycles. The standard InChI is InChI=1S/C19H27N7O2/c1-13(2)20-18-17(26(27)28)14(3)21-19(23-18)22-15-5-7-16(8-6-15)25-11-9-24(4)10-12-25/h5-8,13H,9-12H2,1-4H3,(H2,20,21,22,23). The Hall–Kier alpha value is -2.94. The number of hydrogen-bond donors (Lipinski definition) is 2. The van der Waals surface area contributed by atoms with Crippen LogP contribution in [0.4, 0.5) is 28.8 Å². The molecule has 150 valence electrons. The lowest BCUT2D eigenvalue weighted by Gasteiger charge is -2.34. The number of piperazine rings is 1. The van der Waals surface area contributed by atoms with Crippen LogP contribution in [0.3, 0.4) is 0 Å². The van der Waals surface area contributed by atoms with Crippen LogP contribution in [0.15, 0.2) is 24.3 Å². The maximum Gasteiger partial charge on any atom is 0.332 e. The van der Waals surface area contributed by atoms with E-state index in [2.05, 4.69) is 49.6 Å². The second-order valence-corrected chi connectivity index (χ2v) is 7.35. The Labute approximate surface area is 164 Å². The summed E-state index contributed by atoms with van der Waals surface area (Å²) in [5, 5.41) is 17.5. The third-order valence-electron chi connectivity index (χ3n) is 4.66. The fourth-order valence-corrected chi connectivity index (χ4v) is 3.16. The van der Waals surface area contributed by atoms with E-state index in [9.17, 15) is 10.1 Å². The van der Waals surface area contributed by atoms with Crippen LogP contribution in [0, 0.1) is 17.0 Å². The molecule has 0 amide bonds. The molecule has 0 radical (unpaired) electrons. The van der Waals surface area contributed by atoms with Gasteiger partial charge in [0.25, 0.3) is 0 Å². The molecule has 0 atom stereocenters. The van der Waals surface area contributed by atoms with Crippen molar-refractivity contribution < 1.29 is 4.92 Å². The molecule has 1 aliphatic rings. The summed E-state index contributed by atoms with van der Waals surface area (Å²) in [6.45, 7) is 9.57. The molecule has 3 rings (SSSR count). The summed E-state index contributed by atoms with van der Waals surface area (Å²) in [4.78, 5) is 24.2. The molecule has 1 aromatic carbocycles. The predicted octanol–water partition coefficient (Wildman–Crippen LogP) is 3.01. The number of anilines is 4. The van der Waals surface area contributed by atoms with E-state index in [0.717, 1.165) is 31.9 Å². The molecule has 1 aromatic heterocycles. The van der Waals surface area contributed by atoms with Gasteiger partial charge in [0.1, 0.15) is 5.69 Å². The van der Waals surface area contributed by atoms with Crippen LogP contribution in [0.25, 0.3) is 0 Å². The summed E-state index contributed by atoms with van der Waals surface area (Å²) >= 11 is 0. The van der Waals surface area contributed by atoms with Gasteiger partial charge in [0.15, 0.2) is 0 Å². The van der Waals surface area contributed by atoms with Gasteiger partial charge in [-0.25, -0.2) is 4.98 Å². The van der Waals surface area contributed by atoms with Gasteiger partial charge < -0.3 is 20.4 Å². The average molecular weight is 385 g/mol. The van der Waals surface area contributed by atoms with Crippen LogP contribution < -0.4 is 15.5 Å². The lowest BCUT2D eigenvalue weighted by molar-refractivity contribution is -0.385. The van der Waals surface area contributed by atoms with Gasteiger partial charge in [-0.1, -0.05) is 0 Å². The average Bonchev–Trinajstić information content (AvgIpc) is 2.62. The summed E-state index contributed by atoms with van der Waals surface area (Å²) in [6.07, 6.45) is 0. The molecule has 1 aliphatic heterocycles. The smallest absolute Gasteiger partial charge is 0.332 e. The van der Waals surface area contributed by atoms with Crippen molar-refractivity contribution in [2.24, 2.45) is 0 Å². The fraction of sp³-hybridized carbons (Fsp3) is 0.474. The number of aryl methyl sites for hydroxylation is 1. The Morgan fingerprint density at radius 3 is 2.32 bits per heavy atom. The van der Waals surface area contributed by atoms with Gasteiger partial charge in [-0.15, -0.1) is 0 Å². The number of benzene rings is 1. The van der Waals surface area contributed by atoms with E-state index in [1.165, 1.54) is 5.69 Å². The highest BCUT2D eigenvalue weighted by Gasteiger charge is 2.22. The number of rotatable bonds is 6. The number of nitro groups is 1. The number of likely N-dealkylation sites (N-methyl/N-ethyl adjacent to an activating group) is 1. The number of hydrogen-bond acceptors (Lipinski definition) is 8. The van der Waals surface area contributed by atoms with E-state index in [1.807, 2.05) is 26.0 Å². The van der Waals surface area contributed by atoms with Crippen molar-refractivity contribution in [3.63, 3.8) is 0 Å². The third kappa shape index (κ3) is 4.66. The van der Waals surface area contributed by atoms with Crippen molar-refractivity contribution in [3.05, 3.63) is 40.1 Å². The van der Waals surface area contributed by atoms with Gasteiger partial charge in [-0.2, -0.15) is 4.98 Å². The molecule has 2 N–H and O–H groups in total. The summed E-state index contributed by atoms with van der Waals surface area (Å²) < 4.78 is 0. The SMILES string of the molecule is Cc1nc(Nc2ccc(N3CCN(C)CC3)cc2)nc(NC(C)C)c1[N+](=O)[O-]. The van der Waals surface area contributed by atoms with Crippen LogP contribution >= 0.6 is 0 Å². The molecule has 0 bridgehead atoms. The van der Waals surface area contributed by atoms with Crippen molar-refractivity contribution in [1.82, 2.24) is 14.9 Å². The lowest BCUT2D eigenvalue weighted by atomic mass is 10.2. The van der Waals surface area contributed by atoms with Crippen LogP contribution in [0.2, 0.25) is 0 Å². The van der Waals surface area contributed by atoms with E-state index in [4.69, 9.17) is 0 Å². The maximum atomic E-state index is 11.4. The van der Waals surface area contributed by atoms with Crippen LogP contribution in [0.1, 0.15) is 19.5 Å². The Balaban J connectivity index is 1.77. The van der Waals surface area contributed by atoms with Gasteiger partial charge in [0.2, 0.25) is 11.8 Å². The van der Waals surface area contributed by atoms with Crippen LogP contribution in [-0.4, -0.2) is 59.1 Å². The summed E-state index contributed by atoms with van der Waals surface area (Å²) in [7, 11) is 2.14. The third-order valence-corrected chi connectivity index (χ3v) is 4.66. The summed E-state index contributed by atoms with van der Waals surface area (Å²) in [6, 6.07) is 8.11. The number of aromatic nitrogens is 2. The van der Waals surface area contributed by atoms with Gasteiger partial charge >= 0.3 is 5.69 Å². The zero-order chi connectivity index (χ0) is 20.3. The molecule has 28 heavy (non-hydrogen) atoms. The zero-order valence-corrected chi connectivity index (χ0v) is 16.8. The quantitative estimate of drug-likeness (QED) is 0.578. The van der Waals surface area contributed by atoms with E-state index in [0.29, 0.717) is 11.6 Å². The van der Waals surface area contributed by atoms with Gasteiger partial charge in [0, 0.05) is 43.6 Å². The molecule has 2 heterocycles. The Kier molecular flexibility index (Phi) is 5.93. The fourth-order valence-electron chi connectivity index (χ4n) is 3.16. The topological polar surface area (TPSA) is 99.5 Å². The first kappa shape index (κ1) is 19.8. The summed E-state index contributed by atoms with van der Waals surface area (Å²) in [5.41, 5.74) is 2.24. The van der Waals surface area contributed by atoms with E-state index in [-0.39, 0.29) is 17.5 Å². The van der Waals surface area contributed by atoms with Crippen LogP contribution in [0.5, 0.6) is 0 Å². The van der Waals surface area contributed by atoms with E-state index >= 15 is 0 Å². The molecule has 0 spiro atoms. The Bertz CT molecular complexity index is 831. The predicted molar refractivity (Wildman–Crippen MR) is 112 cm³/mol. The molecule has 9 heteroatoms. The molecule has 0 unspecified atom stereocenters. The Morgan fingerprint density at radius 1 is 1.11 bits per heavy atom. The molecule has 2 aromatic rings. The molecular weight excluding hydrogens is 358 g/mol. The van der Waals surface area contributed by atoms with Crippen molar-refractivity contribution >= 4 is 28.8 Å². The number of nitrogens with one attached hydrogen (secondary N) is 2. The van der Waals surface area contributed by atoms with Gasteiger partial charge in [0.05, 0.1) is 4.92 Å². The summed E-state index contributed by atoms with van der Waals surface area (Å²) in [5.74, 6) is 0.558. The van der Waals surface area contributed by atoms with Crippen molar-refractivity contribution in [2.45, 2.75) is 26.8 Å². The minimum atomic E-state index is -0.450. The normalized spacial score (nSPS) is 15.0. The van der Waals surface area contributed by atoms with Gasteiger partial charge in [-0.05, 0) is 52.1 Å². The van der Waals surface area contributed by atoms with Crippen LogP contribution in [-0.2, 0) is 0 Å². The monoisotopic (exact) mass is 385 g/mol. The largest absolute Gasteiger partial charge is 0.369 e. The first-order chi connectivity index (χ1) is 13.3. The second kappa shape index (κ2) is 8.39. The molecule has 0 saturated carbocycles. The van der Waals surface area contributed by atoms with Crippen molar-refractivity contribution in [1.29, 1.82) is 0 Å². The van der Waals surface area contributed by atoms with E-state index < -0.39 is 4.92 Å². The number of nitrogens with zero attached hydrogens (tertiary/aromatic N) is 5. The molecule has 0 aliphatic carbocycles. The minimum Gasteiger partial charge on any atom is -0.369 e. The van der Waals surface area contributed by atoms with Crippen molar-refractivity contribution in [3.8, 4) is 0 Å². The highest BCUT2D eigenvalue weighted by atomic mass is 16.6. The van der Waals surface area contributed by atoms with E-state index in [1.54, 1.807) is 6.92 Å². The Morgan fingerprint density at radius 2 is 1.75 bits per heavy atom. The second-order valence-electron chi connectivity index (χ2n) is 7.35. The zero-order valence-electron chi connectivity index (χ0n) is 16.8. The highest BCUT2D eigenvalue weighted by Crippen LogP contribution is 2.28. The molecule has 9 nitrogen and oxygen atoms in total. The minimum absolute atomic E-state index is 0.0173. The molecular formula is C19H27N7O2. The van der Waals surface area contributed by atoms with Crippen molar-refractivity contribution in [2.75, 3.05) is 48.8 Å².